The standard InChI is InChI=1S/C22H36O7/c1-18-9-6-10-19(2,15(23)24)13(18)7-11-20(3)14(18)8-12-21(25)16(27-4)29-17(28-5)22(20,21)26/h13-14,16-17,25-26H,6-12H2,1-5H3,(H,23,24)/t13-,14-,16?,17+,18+,19+,20-,21+,22-/m1/s1. The molecular formula is C22H36O7. The predicted molar refractivity (Wildman–Crippen MR) is 104 cm³/mol. The Morgan fingerprint density at radius 3 is 2.14 bits per heavy atom. The van der Waals surface area contributed by atoms with Crippen LogP contribution >= 0.6 is 0 Å². The largest absolute Gasteiger partial charge is 0.481 e. The SMILES string of the molecule is COC1O[C@H](OC)[C@]2(O)[C@]1(O)CC[C@@H]1[C@@]3(C)CCC[C@](C)(C(=O)O)[C@@H]3CC[C@]12C. The van der Waals surface area contributed by atoms with E-state index >= 15 is 0 Å². The van der Waals surface area contributed by atoms with Crippen molar-refractivity contribution >= 4 is 5.97 Å². The number of carbonyl (C=O) groups is 1. The molecule has 0 bridgehead atoms. The van der Waals surface area contributed by atoms with Gasteiger partial charge in [-0.3, -0.25) is 4.79 Å². The Kier molecular flexibility index (Phi) is 4.74. The topological polar surface area (TPSA) is 105 Å². The van der Waals surface area contributed by atoms with Gasteiger partial charge in [0.25, 0.3) is 0 Å². The second-order valence-corrected chi connectivity index (χ2v) is 10.6. The molecule has 3 saturated carbocycles. The first-order chi connectivity index (χ1) is 13.5. The molecule has 0 aromatic carbocycles. The van der Waals surface area contributed by atoms with Crippen molar-refractivity contribution in [3.05, 3.63) is 0 Å². The third-order valence-corrected chi connectivity index (χ3v) is 9.73. The van der Waals surface area contributed by atoms with E-state index in [1.807, 2.05) is 13.8 Å². The summed E-state index contributed by atoms with van der Waals surface area (Å²) >= 11 is 0. The lowest BCUT2D eigenvalue weighted by atomic mass is 9.37. The molecule has 1 saturated heterocycles. The average Bonchev–Trinajstić information content (AvgIpc) is 2.89. The minimum atomic E-state index is -1.64. The summed E-state index contributed by atoms with van der Waals surface area (Å²) in [4.78, 5) is 12.2. The molecule has 7 nitrogen and oxygen atoms in total. The first-order valence-electron chi connectivity index (χ1n) is 10.8. The number of fused-ring (bicyclic) bond motifs is 5. The molecule has 0 spiro atoms. The van der Waals surface area contributed by atoms with Gasteiger partial charge in [0, 0.05) is 19.6 Å². The van der Waals surface area contributed by atoms with Crippen molar-refractivity contribution in [3.8, 4) is 0 Å². The summed E-state index contributed by atoms with van der Waals surface area (Å²) in [6, 6.07) is 0. The van der Waals surface area contributed by atoms with Crippen LogP contribution in [-0.4, -0.2) is 59.3 Å². The number of rotatable bonds is 3. The molecule has 29 heavy (non-hydrogen) atoms. The van der Waals surface area contributed by atoms with Crippen molar-refractivity contribution in [3.63, 3.8) is 0 Å². The van der Waals surface area contributed by atoms with Gasteiger partial charge >= 0.3 is 5.97 Å². The van der Waals surface area contributed by atoms with Crippen molar-refractivity contribution < 1.29 is 34.3 Å². The lowest BCUT2D eigenvalue weighted by molar-refractivity contribution is -0.318. The highest BCUT2D eigenvalue weighted by Gasteiger charge is 2.79. The van der Waals surface area contributed by atoms with Gasteiger partial charge in [-0.15, -0.1) is 0 Å². The van der Waals surface area contributed by atoms with Crippen LogP contribution in [0.2, 0.25) is 0 Å². The van der Waals surface area contributed by atoms with Gasteiger partial charge in [-0.25, -0.2) is 0 Å². The Hall–Kier alpha value is -0.730. The van der Waals surface area contributed by atoms with Crippen LogP contribution in [0.4, 0.5) is 0 Å². The highest BCUT2D eigenvalue weighted by atomic mass is 16.8. The van der Waals surface area contributed by atoms with Gasteiger partial charge in [-0.1, -0.05) is 20.3 Å². The Bertz CT molecular complexity index is 699. The van der Waals surface area contributed by atoms with E-state index in [-0.39, 0.29) is 17.3 Å². The summed E-state index contributed by atoms with van der Waals surface area (Å²) in [6.45, 7) is 6.13. The molecule has 1 aliphatic heterocycles. The second kappa shape index (κ2) is 6.39. The highest BCUT2D eigenvalue weighted by molar-refractivity contribution is 5.75. The van der Waals surface area contributed by atoms with Crippen LogP contribution < -0.4 is 0 Å². The Balaban J connectivity index is 1.82. The number of hydrogen-bond acceptors (Lipinski definition) is 6. The van der Waals surface area contributed by atoms with E-state index in [9.17, 15) is 20.1 Å². The fourth-order valence-corrected chi connectivity index (χ4v) is 8.30. The van der Waals surface area contributed by atoms with Gasteiger partial charge in [0.15, 0.2) is 18.2 Å². The van der Waals surface area contributed by atoms with Crippen molar-refractivity contribution in [1.29, 1.82) is 0 Å². The fraction of sp³-hybridized carbons (Fsp3) is 0.955. The van der Waals surface area contributed by atoms with E-state index in [4.69, 9.17) is 14.2 Å². The van der Waals surface area contributed by atoms with E-state index < -0.39 is 40.6 Å². The van der Waals surface area contributed by atoms with Crippen LogP contribution in [0.3, 0.4) is 0 Å². The lowest BCUT2D eigenvalue weighted by Gasteiger charge is -2.68. The van der Waals surface area contributed by atoms with Gasteiger partial charge < -0.3 is 29.5 Å². The number of aliphatic carboxylic acids is 1. The van der Waals surface area contributed by atoms with E-state index in [1.54, 1.807) is 0 Å². The van der Waals surface area contributed by atoms with E-state index in [0.29, 0.717) is 32.1 Å². The molecule has 4 rings (SSSR count). The molecule has 3 aliphatic carbocycles. The molecule has 1 unspecified atom stereocenters. The summed E-state index contributed by atoms with van der Waals surface area (Å²) in [5.74, 6) is -0.632. The molecule has 7 heteroatoms. The smallest absolute Gasteiger partial charge is 0.309 e. The lowest BCUT2D eigenvalue weighted by Crippen LogP contribution is -2.75. The number of carboxylic acid groups (broad SMARTS) is 1. The van der Waals surface area contributed by atoms with Crippen molar-refractivity contribution in [2.24, 2.45) is 28.1 Å². The maximum atomic E-state index is 12.2. The van der Waals surface area contributed by atoms with E-state index in [0.717, 1.165) is 12.8 Å². The molecule has 9 atom stereocenters. The summed E-state index contributed by atoms with van der Waals surface area (Å²) < 4.78 is 16.8. The fourth-order valence-electron chi connectivity index (χ4n) is 8.30. The normalized spacial score (nSPS) is 56.9. The monoisotopic (exact) mass is 412 g/mol. The van der Waals surface area contributed by atoms with Crippen molar-refractivity contribution in [1.82, 2.24) is 0 Å². The van der Waals surface area contributed by atoms with Crippen LogP contribution in [0.25, 0.3) is 0 Å². The van der Waals surface area contributed by atoms with Crippen molar-refractivity contribution in [2.75, 3.05) is 14.2 Å². The molecule has 0 aromatic rings. The van der Waals surface area contributed by atoms with Gasteiger partial charge in [0.2, 0.25) is 0 Å². The maximum absolute atomic E-state index is 12.2. The van der Waals surface area contributed by atoms with E-state index in [1.165, 1.54) is 14.2 Å². The third kappa shape index (κ3) is 2.29. The van der Waals surface area contributed by atoms with Crippen LogP contribution in [0.1, 0.15) is 65.7 Å². The van der Waals surface area contributed by atoms with Crippen LogP contribution in [0, 0.1) is 28.1 Å². The Morgan fingerprint density at radius 2 is 1.55 bits per heavy atom. The summed E-state index contributed by atoms with van der Waals surface area (Å²) in [6.07, 6.45) is 2.84. The van der Waals surface area contributed by atoms with Gasteiger partial charge in [0.05, 0.1) is 5.41 Å². The molecule has 0 amide bonds. The number of carboxylic acids is 1. The molecule has 1 heterocycles. The number of hydrogen-bond donors (Lipinski definition) is 3. The summed E-state index contributed by atoms with van der Waals surface area (Å²) in [5.41, 5.74) is -4.88. The zero-order valence-corrected chi connectivity index (χ0v) is 18.2. The number of aliphatic hydroxyl groups is 2. The number of ether oxygens (including phenoxy) is 3. The third-order valence-electron chi connectivity index (χ3n) is 9.73. The molecule has 3 N–H and O–H groups in total. The zero-order chi connectivity index (χ0) is 21.5. The van der Waals surface area contributed by atoms with Crippen LogP contribution in [0.5, 0.6) is 0 Å². The maximum Gasteiger partial charge on any atom is 0.309 e. The minimum Gasteiger partial charge on any atom is -0.481 e. The molecular weight excluding hydrogens is 376 g/mol. The van der Waals surface area contributed by atoms with Crippen LogP contribution in [-0.2, 0) is 19.0 Å². The predicted octanol–water partition coefficient (Wildman–Crippen LogP) is 2.53. The Morgan fingerprint density at radius 1 is 0.931 bits per heavy atom. The molecule has 0 radical (unpaired) electrons. The second-order valence-electron chi connectivity index (χ2n) is 10.6. The number of methoxy groups -OCH3 is 2. The van der Waals surface area contributed by atoms with Gasteiger partial charge in [0.1, 0.15) is 5.60 Å². The molecule has 4 fully saturated rings. The van der Waals surface area contributed by atoms with Gasteiger partial charge in [-0.2, -0.15) is 0 Å². The quantitative estimate of drug-likeness (QED) is 0.654. The molecule has 0 aromatic heterocycles. The summed E-state index contributed by atoms with van der Waals surface area (Å²) in [5, 5.41) is 33.8. The van der Waals surface area contributed by atoms with Crippen LogP contribution in [0.15, 0.2) is 0 Å². The molecule has 166 valence electrons. The van der Waals surface area contributed by atoms with Gasteiger partial charge in [-0.05, 0) is 62.7 Å². The first kappa shape index (κ1) is 21.5. The zero-order valence-electron chi connectivity index (χ0n) is 18.2. The first-order valence-corrected chi connectivity index (χ1v) is 10.8. The highest BCUT2D eigenvalue weighted by Crippen LogP contribution is 2.72. The average molecular weight is 413 g/mol. The summed E-state index contributed by atoms with van der Waals surface area (Å²) in [7, 11) is 2.94. The molecule has 4 aliphatic rings. The Labute approximate surface area is 172 Å². The minimum absolute atomic E-state index is 0.0376. The van der Waals surface area contributed by atoms with Crippen molar-refractivity contribution in [2.45, 2.75) is 89.5 Å². The van der Waals surface area contributed by atoms with E-state index in [2.05, 4.69) is 6.92 Å².